The Kier molecular flexibility index (Phi) is 2.67. The van der Waals surface area contributed by atoms with Crippen molar-refractivity contribution in [3.63, 3.8) is 0 Å². The van der Waals surface area contributed by atoms with Gasteiger partial charge in [0.15, 0.2) is 0 Å². The molecule has 0 unspecified atom stereocenters. The summed E-state index contributed by atoms with van der Waals surface area (Å²) in [6.45, 7) is 0.488. The molecule has 0 aliphatic carbocycles. The number of nitrogen functional groups attached to an aromatic ring is 1. The van der Waals surface area contributed by atoms with Crippen LogP contribution < -0.4 is 14.8 Å². The predicted octanol–water partition coefficient (Wildman–Crippen LogP) is 0.817. The van der Waals surface area contributed by atoms with E-state index in [0.717, 1.165) is 0 Å². The van der Waals surface area contributed by atoms with Gasteiger partial charge in [0.05, 0.1) is 18.6 Å². The first-order valence-electron chi connectivity index (χ1n) is 4.98. The highest BCUT2D eigenvalue weighted by Crippen LogP contribution is 2.34. The zero-order valence-corrected chi connectivity index (χ0v) is 9.83. The van der Waals surface area contributed by atoms with Crippen LogP contribution in [0.25, 0.3) is 0 Å². The van der Waals surface area contributed by atoms with E-state index in [-0.39, 0.29) is 5.75 Å². The molecule has 0 aromatic heterocycles. The first-order valence-corrected chi connectivity index (χ1v) is 6.59. The summed E-state index contributed by atoms with van der Waals surface area (Å²) in [6, 6.07) is 4.99. The van der Waals surface area contributed by atoms with Gasteiger partial charge in [0.1, 0.15) is 5.75 Å². The van der Waals surface area contributed by atoms with Gasteiger partial charge in [-0.3, -0.25) is 4.31 Å². The van der Waals surface area contributed by atoms with Crippen molar-refractivity contribution in [2.45, 2.75) is 6.42 Å². The summed E-state index contributed by atoms with van der Waals surface area (Å²) in [4.78, 5) is 0. The second kappa shape index (κ2) is 3.86. The van der Waals surface area contributed by atoms with Crippen molar-refractivity contribution in [2.75, 3.05) is 29.4 Å². The Labute approximate surface area is 94.9 Å². The molecule has 2 rings (SSSR count). The lowest BCUT2D eigenvalue weighted by Crippen LogP contribution is -2.25. The summed E-state index contributed by atoms with van der Waals surface area (Å²) in [5, 5.41) is 0. The van der Waals surface area contributed by atoms with Crippen LogP contribution in [-0.2, 0) is 10.0 Å². The summed E-state index contributed by atoms with van der Waals surface area (Å²) in [5.74, 6) is 0.713. The minimum absolute atomic E-state index is 0.185. The molecule has 0 atom stereocenters. The van der Waals surface area contributed by atoms with Crippen LogP contribution in [0.3, 0.4) is 0 Å². The molecule has 0 spiro atoms. The fraction of sp³-hybridized carbons (Fsp3) is 0.400. The molecule has 1 aromatic carbocycles. The van der Waals surface area contributed by atoms with Crippen LogP contribution in [0.5, 0.6) is 5.75 Å². The average molecular weight is 242 g/mol. The van der Waals surface area contributed by atoms with Gasteiger partial charge in [-0.05, 0) is 24.6 Å². The Morgan fingerprint density at radius 3 is 2.75 bits per heavy atom. The lowest BCUT2D eigenvalue weighted by Gasteiger charge is -2.19. The molecule has 88 valence electrons. The largest absolute Gasteiger partial charge is 0.495 e. The Morgan fingerprint density at radius 2 is 2.19 bits per heavy atom. The Bertz CT molecular complexity index is 499. The summed E-state index contributed by atoms with van der Waals surface area (Å²) in [5.41, 5.74) is 6.71. The Morgan fingerprint density at radius 1 is 1.44 bits per heavy atom. The van der Waals surface area contributed by atoms with Gasteiger partial charge < -0.3 is 10.5 Å². The van der Waals surface area contributed by atoms with E-state index in [9.17, 15) is 8.42 Å². The zero-order valence-electron chi connectivity index (χ0n) is 9.01. The molecule has 1 aliphatic rings. The number of anilines is 2. The molecule has 6 heteroatoms. The number of nitrogens with two attached hydrogens (primary N) is 1. The molecule has 0 bridgehead atoms. The predicted molar refractivity (Wildman–Crippen MR) is 63.2 cm³/mol. The smallest absolute Gasteiger partial charge is 0.235 e. The minimum atomic E-state index is -3.19. The fourth-order valence-corrected chi connectivity index (χ4v) is 3.38. The van der Waals surface area contributed by atoms with Gasteiger partial charge in [-0.15, -0.1) is 0 Å². The van der Waals surface area contributed by atoms with Gasteiger partial charge in [-0.25, -0.2) is 8.42 Å². The monoisotopic (exact) mass is 242 g/mol. The third-order valence-electron chi connectivity index (χ3n) is 2.57. The third kappa shape index (κ3) is 1.80. The Hall–Kier alpha value is -1.43. The van der Waals surface area contributed by atoms with Crippen LogP contribution in [0.1, 0.15) is 6.42 Å². The van der Waals surface area contributed by atoms with Crippen LogP contribution in [0, 0.1) is 0 Å². The highest BCUT2D eigenvalue weighted by molar-refractivity contribution is 7.93. The van der Waals surface area contributed by atoms with Crippen molar-refractivity contribution in [1.82, 2.24) is 0 Å². The van der Waals surface area contributed by atoms with Gasteiger partial charge in [-0.2, -0.15) is 0 Å². The van der Waals surface area contributed by atoms with Crippen LogP contribution in [0.15, 0.2) is 18.2 Å². The van der Waals surface area contributed by atoms with Gasteiger partial charge in [-0.1, -0.05) is 0 Å². The molecule has 1 aliphatic heterocycles. The van der Waals surface area contributed by atoms with E-state index >= 15 is 0 Å². The van der Waals surface area contributed by atoms with Crippen molar-refractivity contribution >= 4 is 21.4 Å². The van der Waals surface area contributed by atoms with E-state index in [2.05, 4.69) is 0 Å². The van der Waals surface area contributed by atoms with Crippen LogP contribution in [-0.4, -0.2) is 27.8 Å². The molecule has 0 radical (unpaired) electrons. The average Bonchev–Trinajstić information content (AvgIpc) is 2.58. The van der Waals surface area contributed by atoms with E-state index in [0.29, 0.717) is 30.1 Å². The zero-order chi connectivity index (χ0) is 11.8. The van der Waals surface area contributed by atoms with Crippen LogP contribution >= 0.6 is 0 Å². The number of rotatable bonds is 2. The van der Waals surface area contributed by atoms with Crippen LogP contribution in [0.2, 0.25) is 0 Å². The minimum Gasteiger partial charge on any atom is -0.495 e. The summed E-state index contributed by atoms with van der Waals surface area (Å²) in [7, 11) is -1.68. The number of sulfonamides is 1. The highest BCUT2D eigenvalue weighted by Gasteiger charge is 2.30. The summed E-state index contributed by atoms with van der Waals surface area (Å²) < 4.78 is 30.1. The summed E-state index contributed by atoms with van der Waals surface area (Å²) in [6.07, 6.45) is 0.639. The first kappa shape index (κ1) is 11.1. The van der Waals surface area contributed by atoms with Crippen molar-refractivity contribution < 1.29 is 13.2 Å². The van der Waals surface area contributed by atoms with Gasteiger partial charge in [0.25, 0.3) is 0 Å². The number of hydrogen-bond donors (Lipinski definition) is 1. The fourth-order valence-electron chi connectivity index (χ4n) is 1.81. The molecular formula is C10H14N2O3S. The van der Waals surface area contributed by atoms with E-state index in [1.807, 2.05) is 0 Å². The lowest BCUT2D eigenvalue weighted by molar-refractivity contribution is 0.415. The Balaban J connectivity index is 2.50. The highest BCUT2D eigenvalue weighted by atomic mass is 32.2. The molecule has 1 aromatic rings. The summed E-state index contributed by atoms with van der Waals surface area (Å²) >= 11 is 0. The second-order valence-corrected chi connectivity index (χ2v) is 5.69. The van der Waals surface area contributed by atoms with Crippen molar-refractivity contribution in [2.24, 2.45) is 0 Å². The quantitative estimate of drug-likeness (QED) is 0.779. The standard InChI is InChI=1S/C10H14N2O3S/c1-15-10-4-3-8(11)7-9(10)12-5-2-6-16(12,13)14/h3-4,7H,2,5-6,11H2,1H3. The number of ether oxygens (including phenoxy) is 1. The van der Waals surface area contributed by atoms with Gasteiger partial charge in [0, 0.05) is 12.2 Å². The van der Waals surface area contributed by atoms with Crippen molar-refractivity contribution in [1.29, 1.82) is 0 Å². The van der Waals surface area contributed by atoms with E-state index in [1.165, 1.54) is 11.4 Å². The number of benzene rings is 1. The maximum absolute atomic E-state index is 11.8. The normalized spacial score (nSPS) is 18.7. The van der Waals surface area contributed by atoms with Gasteiger partial charge in [0.2, 0.25) is 10.0 Å². The molecule has 5 nitrogen and oxygen atoms in total. The van der Waals surface area contributed by atoms with Crippen LogP contribution in [0.4, 0.5) is 11.4 Å². The van der Waals surface area contributed by atoms with Crippen molar-refractivity contribution in [3.8, 4) is 5.75 Å². The van der Waals surface area contributed by atoms with Gasteiger partial charge >= 0.3 is 0 Å². The SMILES string of the molecule is COc1ccc(N)cc1N1CCCS1(=O)=O. The molecule has 1 heterocycles. The molecule has 2 N–H and O–H groups in total. The molecule has 16 heavy (non-hydrogen) atoms. The molecule has 1 saturated heterocycles. The number of methoxy groups -OCH3 is 1. The number of nitrogens with zero attached hydrogens (tertiary/aromatic N) is 1. The second-order valence-electron chi connectivity index (χ2n) is 3.67. The van der Waals surface area contributed by atoms with E-state index < -0.39 is 10.0 Å². The lowest BCUT2D eigenvalue weighted by atomic mass is 10.2. The molecule has 1 fully saturated rings. The third-order valence-corrected chi connectivity index (χ3v) is 4.43. The van der Waals surface area contributed by atoms with E-state index in [4.69, 9.17) is 10.5 Å². The van der Waals surface area contributed by atoms with Crippen molar-refractivity contribution in [3.05, 3.63) is 18.2 Å². The maximum Gasteiger partial charge on any atom is 0.235 e. The van der Waals surface area contributed by atoms with E-state index in [1.54, 1.807) is 18.2 Å². The number of hydrogen-bond acceptors (Lipinski definition) is 4. The first-order chi connectivity index (χ1) is 7.54. The topological polar surface area (TPSA) is 72.6 Å². The molecule has 0 saturated carbocycles. The molecular weight excluding hydrogens is 228 g/mol. The molecule has 0 amide bonds. The maximum atomic E-state index is 11.8.